The van der Waals surface area contributed by atoms with Crippen molar-refractivity contribution < 1.29 is 14.3 Å². The first-order valence-electron chi connectivity index (χ1n) is 5.51. The highest BCUT2D eigenvalue weighted by atomic mass is 19.1. The van der Waals surface area contributed by atoms with E-state index in [4.69, 9.17) is 5.11 Å². The lowest BCUT2D eigenvalue weighted by molar-refractivity contribution is -0.142. The lowest BCUT2D eigenvalue weighted by atomic mass is 10.1. The van der Waals surface area contributed by atoms with E-state index in [2.05, 4.69) is 0 Å². The van der Waals surface area contributed by atoms with Crippen LogP contribution in [-0.4, -0.2) is 48.7 Å². The minimum atomic E-state index is -0.820. The molecule has 1 heterocycles. The van der Waals surface area contributed by atoms with Crippen LogP contribution < -0.4 is 4.90 Å². The van der Waals surface area contributed by atoms with E-state index >= 15 is 0 Å². The molecule has 0 saturated carbocycles. The highest BCUT2D eigenvalue weighted by molar-refractivity contribution is 5.75. The maximum atomic E-state index is 12.8. The zero-order valence-electron chi connectivity index (χ0n) is 9.64. The minimum Gasteiger partial charge on any atom is -0.480 e. The van der Waals surface area contributed by atoms with Crippen molar-refractivity contribution in [3.05, 3.63) is 30.1 Å². The molecule has 0 spiro atoms. The molecule has 1 aliphatic rings. The van der Waals surface area contributed by atoms with Crippen LogP contribution in [0.25, 0.3) is 0 Å². The Kier molecular flexibility index (Phi) is 3.28. The number of rotatable bonds is 2. The molecule has 0 bridgehead atoms. The van der Waals surface area contributed by atoms with Gasteiger partial charge in [-0.15, -0.1) is 0 Å². The first-order valence-corrected chi connectivity index (χ1v) is 5.51. The van der Waals surface area contributed by atoms with Gasteiger partial charge in [-0.2, -0.15) is 0 Å². The molecule has 0 aliphatic carbocycles. The maximum Gasteiger partial charge on any atom is 0.322 e. The number of hydrogen-bond donors (Lipinski definition) is 1. The summed E-state index contributed by atoms with van der Waals surface area (Å²) < 4.78 is 12.8. The molecule has 1 N–H and O–H groups in total. The molecular formula is C12H15FN2O2. The number of piperazine rings is 1. The van der Waals surface area contributed by atoms with Gasteiger partial charge in [0.1, 0.15) is 11.9 Å². The average molecular weight is 238 g/mol. The summed E-state index contributed by atoms with van der Waals surface area (Å²) in [6.45, 7) is 1.87. The standard InChI is InChI=1S/C12H15FN2O2/c1-14-6-7-15(8-11(14)12(16)17)10-4-2-9(13)3-5-10/h2-5,11H,6-8H2,1H3,(H,16,17)/t11-/m1/s1. The zero-order valence-corrected chi connectivity index (χ0v) is 9.64. The first kappa shape index (κ1) is 11.9. The molecule has 0 radical (unpaired) electrons. The summed E-state index contributed by atoms with van der Waals surface area (Å²) in [5.41, 5.74) is 0.866. The highest BCUT2D eigenvalue weighted by Gasteiger charge is 2.29. The van der Waals surface area contributed by atoms with Crippen LogP contribution in [0.5, 0.6) is 0 Å². The van der Waals surface area contributed by atoms with Crippen molar-refractivity contribution in [1.82, 2.24) is 4.90 Å². The van der Waals surface area contributed by atoms with Gasteiger partial charge in [-0.25, -0.2) is 4.39 Å². The summed E-state index contributed by atoms with van der Waals surface area (Å²) in [5.74, 6) is -1.10. The Morgan fingerprint density at radius 2 is 2.00 bits per heavy atom. The van der Waals surface area contributed by atoms with Crippen molar-refractivity contribution in [2.75, 3.05) is 31.6 Å². The van der Waals surface area contributed by atoms with E-state index in [9.17, 15) is 9.18 Å². The summed E-state index contributed by atoms with van der Waals surface area (Å²) in [7, 11) is 1.81. The first-order chi connectivity index (χ1) is 8.08. The fourth-order valence-corrected chi connectivity index (χ4v) is 2.03. The maximum absolute atomic E-state index is 12.8. The van der Waals surface area contributed by atoms with Gasteiger partial charge in [0.2, 0.25) is 0 Å². The van der Waals surface area contributed by atoms with Crippen LogP contribution in [0.1, 0.15) is 0 Å². The number of aliphatic carboxylic acids is 1. The summed E-state index contributed by atoms with van der Waals surface area (Å²) in [6, 6.07) is 5.64. The summed E-state index contributed by atoms with van der Waals surface area (Å²) in [4.78, 5) is 14.9. The van der Waals surface area contributed by atoms with Gasteiger partial charge in [-0.05, 0) is 31.3 Å². The second-order valence-corrected chi connectivity index (χ2v) is 4.26. The molecule has 1 saturated heterocycles. The fourth-order valence-electron chi connectivity index (χ4n) is 2.03. The number of anilines is 1. The van der Waals surface area contributed by atoms with Crippen molar-refractivity contribution >= 4 is 11.7 Å². The molecule has 1 fully saturated rings. The fraction of sp³-hybridized carbons (Fsp3) is 0.417. The molecule has 1 atom stereocenters. The molecule has 1 aromatic rings. The molecule has 2 rings (SSSR count). The molecule has 0 amide bonds. The molecule has 0 unspecified atom stereocenters. The van der Waals surface area contributed by atoms with Crippen LogP contribution in [0.2, 0.25) is 0 Å². The van der Waals surface area contributed by atoms with Gasteiger partial charge < -0.3 is 10.0 Å². The Morgan fingerprint density at radius 1 is 1.35 bits per heavy atom. The Balaban J connectivity index is 2.13. The van der Waals surface area contributed by atoms with Crippen LogP contribution in [0.3, 0.4) is 0 Å². The van der Waals surface area contributed by atoms with Gasteiger partial charge in [0.25, 0.3) is 0 Å². The van der Waals surface area contributed by atoms with E-state index in [-0.39, 0.29) is 5.82 Å². The largest absolute Gasteiger partial charge is 0.480 e. The molecule has 4 nitrogen and oxygen atoms in total. The molecule has 92 valence electrons. The Labute approximate surface area is 99.3 Å². The molecule has 1 aromatic carbocycles. The van der Waals surface area contributed by atoms with Gasteiger partial charge in [-0.3, -0.25) is 9.69 Å². The molecule has 0 aromatic heterocycles. The molecule has 5 heteroatoms. The number of nitrogens with zero attached hydrogens (tertiary/aromatic N) is 2. The Morgan fingerprint density at radius 3 is 2.59 bits per heavy atom. The third-order valence-corrected chi connectivity index (χ3v) is 3.12. The number of hydrogen-bond acceptors (Lipinski definition) is 3. The number of carboxylic acid groups (broad SMARTS) is 1. The third kappa shape index (κ3) is 2.55. The van der Waals surface area contributed by atoms with Gasteiger partial charge in [0.05, 0.1) is 0 Å². The van der Waals surface area contributed by atoms with Crippen molar-refractivity contribution in [2.24, 2.45) is 0 Å². The summed E-state index contributed by atoms with van der Waals surface area (Å²) >= 11 is 0. The predicted octanol–water partition coefficient (Wildman–Crippen LogP) is 1.03. The van der Waals surface area contributed by atoms with Crippen molar-refractivity contribution in [3.8, 4) is 0 Å². The van der Waals surface area contributed by atoms with E-state index in [1.807, 2.05) is 9.80 Å². The van der Waals surface area contributed by atoms with Crippen molar-refractivity contribution in [3.63, 3.8) is 0 Å². The third-order valence-electron chi connectivity index (χ3n) is 3.12. The van der Waals surface area contributed by atoms with E-state index in [1.54, 1.807) is 19.2 Å². The molecule has 17 heavy (non-hydrogen) atoms. The average Bonchev–Trinajstić information content (AvgIpc) is 2.30. The van der Waals surface area contributed by atoms with E-state index in [1.165, 1.54) is 12.1 Å². The number of benzene rings is 1. The second-order valence-electron chi connectivity index (χ2n) is 4.26. The van der Waals surface area contributed by atoms with Crippen LogP contribution in [0, 0.1) is 5.82 Å². The predicted molar refractivity (Wildman–Crippen MR) is 62.7 cm³/mol. The van der Waals surface area contributed by atoms with E-state index < -0.39 is 12.0 Å². The van der Waals surface area contributed by atoms with Crippen molar-refractivity contribution in [1.29, 1.82) is 0 Å². The van der Waals surface area contributed by atoms with Crippen LogP contribution in [0.15, 0.2) is 24.3 Å². The lowest BCUT2D eigenvalue weighted by Gasteiger charge is -2.38. The monoisotopic (exact) mass is 238 g/mol. The van der Waals surface area contributed by atoms with Gasteiger partial charge in [0.15, 0.2) is 0 Å². The van der Waals surface area contributed by atoms with Gasteiger partial charge in [-0.1, -0.05) is 0 Å². The normalized spacial score (nSPS) is 21.5. The van der Waals surface area contributed by atoms with Crippen molar-refractivity contribution in [2.45, 2.75) is 6.04 Å². The Bertz CT molecular complexity index is 407. The van der Waals surface area contributed by atoms with E-state index in [0.717, 1.165) is 12.2 Å². The Hall–Kier alpha value is -1.62. The van der Waals surface area contributed by atoms with Gasteiger partial charge in [0, 0.05) is 25.3 Å². The number of carbonyl (C=O) groups is 1. The zero-order chi connectivity index (χ0) is 12.4. The minimum absolute atomic E-state index is 0.280. The molecular weight excluding hydrogens is 223 g/mol. The van der Waals surface area contributed by atoms with Crippen LogP contribution in [0.4, 0.5) is 10.1 Å². The second kappa shape index (κ2) is 4.71. The van der Waals surface area contributed by atoms with E-state index in [0.29, 0.717) is 13.1 Å². The SMILES string of the molecule is CN1CCN(c2ccc(F)cc2)C[C@@H]1C(=O)O. The smallest absolute Gasteiger partial charge is 0.322 e. The summed E-state index contributed by atoms with van der Waals surface area (Å²) in [6.07, 6.45) is 0. The highest BCUT2D eigenvalue weighted by Crippen LogP contribution is 2.18. The number of halogens is 1. The van der Waals surface area contributed by atoms with Crippen LogP contribution >= 0.6 is 0 Å². The topological polar surface area (TPSA) is 43.8 Å². The number of carboxylic acids is 1. The molecule has 1 aliphatic heterocycles. The summed E-state index contributed by atoms with van der Waals surface area (Å²) in [5, 5.41) is 9.09. The van der Waals surface area contributed by atoms with Gasteiger partial charge >= 0.3 is 5.97 Å². The quantitative estimate of drug-likeness (QED) is 0.835. The number of likely N-dealkylation sites (N-methyl/N-ethyl adjacent to an activating group) is 1. The van der Waals surface area contributed by atoms with Crippen LogP contribution in [-0.2, 0) is 4.79 Å². The lowest BCUT2D eigenvalue weighted by Crippen LogP contribution is -2.54.